The Balaban J connectivity index is 3.47. The van der Waals surface area contributed by atoms with Crippen molar-refractivity contribution in [2.45, 2.75) is 39.7 Å². The van der Waals surface area contributed by atoms with E-state index in [2.05, 4.69) is 0 Å². The van der Waals surface area contributed by atoms with E-state index < -0.39 is 46.6 Å². The Morgan fingerprint density at radius 1 is 0.765 bits per heavy atom. The van der Waals surface area contributed by atoms with Crippen LogP contribution in [0.3, 0.4) is 0 Å². The van der Waals surface area contributed by atoms with E-state index in [9.17, 15) is 17.6 Å². The van der Waals surface area contributed by atoms with Crippen molar-refractivity contribution in [2.75, 3.05) is 0 Å². The van der Waals surface area contributed by atoms with Gasteiger partial charge in [-0.25, -0.2) is 8.78 Å². The topological polar surface area (TPSA) is 9.23 Å². The van der Waals surface area contributed by atoms with Gasteiger partial charge in [0.15, 0.2) is 17.4 Å². The quantitative estimate of drug-likeness (QED) is 0.578. The van der Waals surface area contributed by atoms with Crippen LogP contribution >= 0.6 is 0 Å². The van der Waals surface area contributed by atoms with Crippen LogP contribution in [0.25, 0.3) is 0 Å². The number of benzene rings is 1. The van der Waals surface area contributed by atoms with Crippen LogP contribution in [0.15, 0.2) is 0 Å². The average Bonchev–Trinajstić information content (AvgIpc) is 2.21. The highest BCUT2D eigenvalue weighted by atomic mass is 19.2. The van der Waals surface area contributed by atoms with Crippen LogP contribution in [0.5, 0.6) is 5.75 Å². The molecule has 0 N–H and O–H groups in total. The Hall–Kier alpha value is -1.26. The molecular weight excluding hydrogens is 236 g/mol. The Morgan fingerprint density at radius 2 is 1.18 bits per heavy atom. The first kappa shape index (κ1) is 13.8. The van der Waals surface area contributed by atoms with Crippen LogP contribution in [0.2, 0.25) is 0 Å². The van der Waals surface area contributed by atoms with E-state index in [1.165, 1.54) is 27.7 Å². The Bertz CT molecular complexity index is 398. The minimum absolute atomic E-state index is 0.581. The summed E-state index contributed by atoms with van der Waals surface area (Å²) in [5.41, 5.74) is -0.601. The highest BCUT2D eigenvalue weighted by Crippen LogP contribution is 2.33. The lowest BCUT2D eigenvalue weighted by Gasteiger charge is -2.16. The first-order valence-corrected chi connectivity index (χ1v) is 5.29. The Kier molecular flexibility index (Phi) is 4.01. The van der Waals surface area contributed by atoms with Crippen molar-refractivity contribution in [1.29, 1.82) is 0 Å². The second-order valence-corrected chi connectivity index (χ2v) is 4.32. The molecule has 17 heavy (non-hydrogen) atoms. The maximum atomic E-state index is 13.5. The summed E-state index contributed by atoms with van der Waals surface area (Å²) in [6, 6.07) is 0. The van der Waals surface area contributed by atoms with Crippen LogP contribution in [0, 0.1) is 23.3 Å². The van der Waals surface area contributed by atoms with Crippen LogP contribution in [0.1, 0.15) is 39.2 Å². The van der Waals surface area contributed by atoms with Gasteiger partial charge in [-0.3, -0.25) is 0 Å². The van der Waals surface area contributed by atoms with Crippen molar-refractivity contribution in [2.24, 2.45) is 0 Å². The molecule has 0 fully saturated rings. The molecule has 0 aromatic heterocycles. The molecule has 0 aliphatic carbocycles. The Labute approximate surface area is 97.4 Å². The zero-order chi connectivity index (χ0) is 13.3. The minimum Gasteiger partial charge on any atom is -0.485 e. The highest BCUT2D eigenvalue weighted by Gasteiger charge is 2.28. The second kappa shape index (κ2) is 4.94. The van der Waals surface area contributed by atoms with Gasteiger partial charge in [0.2, 0.25) is 11.6 Å². The van der Waals surface area contributed by atoms with Gasteiger partial charge in [-0.15, -0.1) is 0 Å². The molecule has 0 heterocycles. The zero-order valence-electron chi connectivity index (χ0n) is 10.1. The summed E-state index contributed by atoms with van der Waals surface area (Å²) in [4.78, 5) is 0. The van der Waals surface area contributed by atoms with Crippen LogP contribution < -0.4 is 4.74 Å². The molecule has 96 valence electrons. The summed E-state index contributed by atoms with van der Waals surface area (Å²) in [6.45, 7) is 5.91. The van der Waals surface area contributed by atoms with Gasteiger partial charge in [-0.05, 0) is 19.8 Å². The normalized spacial score (nSPS) is 11.4. The molecule has 0 bridgehead atoms. The number of rotatable bonds is 3. The van der Waals surface area contributed by atoms with Crippen molar-refractivity contribution >= 4 is 0 Å². The zero-order valence-corrected chi connectivity index (χ0v) is 10.1. The van der Waals surface area contributed by atoms with Crippen LogP contribution in [0.4, 0.5) is 17.6 Å². The van der Waals surface area contributed by atoms with Gasteiger partial charge in [0.1, 0.15) is 0 Å². The smallest absolute Gasteiger partial charge is 0.204 e. The molecule has 1 rings (SSSR count). The summed E-state index contributed by atoms with van der Waals surface area (Å²) in [6.07, 6.45) is -0.581. The van der Waals surface area contributed by atoms with E-state index in [-0.39, 0.29) is 0 Å². The van der Waals surface area contributed by atoms with Gasteiger partial charge in [0.05, 0.1) is 6.10 Å². The molecule has 0 saturated heterocycles. The Morgan fingerprint density at radius 3 is 1.47 bits per heavy atom. The van der Waals surface area contributed by atoms with Crippen molar-refractivity contribution < 1.29 is 22.3 Å². The SMILES string of the molecule is CC(C)Oc1c(F)c(F)c(C(C)C)c(F)c1F. The molecule has 0 saturated carbocycles. The number of hydrogen-bond acceptors (Lipinski definition) is 1. The van der Waals surface area contributed by atoms with E-state index >= 15 is 0 Å². The third-order valence-electron chi connectivity index (χ3n) is 2.19. The maximum absolute atomic E-state index is 13.5. The molecule has 0 spiro atoms. The third-order valence-corrected chi connectivity index (χ3v) is 2.19. The van der Waals surface area contributed by atoms with E-state index in [1.807, 2.05) is 0 Å². The summed E-state index contributed by atoms with van der Waals surface area (Å²) in [5.74, 6) is -7.42. The largest absolute Gasteiger partial charge is 0.485 e. The standard InChI is InChI=1S/C12H14F4O/c1-5(2)7-8(13)10(15)12(17-6(3)4)11(16)9(7)14/h5-6H,1-4H3. The second-order valence-electron chi connectivity index (χ2n) is 4.32. The monoisotopic (exact) mass is 250 g/mol. The summed E-state index contributed by atoms with van der Waals surface area (Å²) >= 11 is 0. The molecule has 0 unspecified atom stereocenters. The molecule has 0 aliphatic heterocycles. The van der Waals surface area contributed by atoms with Crippen molar-refractivity contribution in [1.82, 2.24) is 0 Å². The first-order chi connectivity index (χ1) is 7.77. The predicted molar refractivity (Wildman–Crippen MR) is 56.1 cm³/mol. The predicted octanol–water partition coefficient (Wildman–Crippen LogP) is 4.15. The molecule has 1 aromatic carbocycles. The third kappa shape index (κ3) is 2.53. The lowest BCUT2D eigenvalue weighted by Crippen LogP contribution is -2.13. The number of halogens is 4. The van der Waals surface area contributed by atoms with Gasteiger partial charge in [-0.2, -0.15) is 8.78 Å². The van der Waals surface area contributed by atoms with Crippen molar-refractivity contribution in [3.8, 4) is 5.75 Å². The summed E-state index contributed by atoms with van der Waals surface area (Å²) < 4.78 is 58.9. The molecule has 1 nitrogen and oxygen atoms in total. The first-order valence-electron chi connectivity index (χ1n) is 5.29. The lowest BCUT2D eigenvalue weighted by atomic mass is 10.0. The fraction of sp³-hybridized carbons (Fsp3) is 0.500. The van der Waals surface area contributed by atoms with Gasteiger partial charge in [-0.1, -0.05) is 13.8 Å². The van der Waals surface area contributed by atoms with E-state index in [1.54, 1.807) is 0 Å². The molecular formula is C12H14F4O. The van der Waals surface area contributed by atoms with E-state index in [4.69, 9.17) is 4.74 Å². The van der Waals surface area contributed by atoms with Crippen molar-refractivity contribution in [3.05, 3.63) is 28.8 Å². The number of hydrogen-bond donors (Lipinski definition) is 0. The highest BCUT2D eigenvalue weighted by molar-refractivity contribution is 5.36. The lowest BCUT2D eigenvalue weighted by molar-refractivity contribution is 0.211. The molecule has 1 aromatic rings. The van der Waals surface area contributed by atoms with Crippen molar-refractivity contribution in [3.63, 3.8) is 0 Å². The van der Waals surface area contributed by atoms with Gasteiger partial charge in [0.25, 0.3) is 0 Å². The summed E-state index contributed by atoms with van der Waals surface area (Å²) in [7, 11) is 0. The van der Waals surface area contributed by atoms with E-state index in [0.29, 0.717) is 0 Å². The molecule has 5 heteroatoms. The molecule has 0 aliphatic rings. The number of ether oxygens (including phenoxy) is 1. The minimum atomic E-state index is -1.48. The van der Waals surface area contributed by atoms with Crippen LogP contribution in [-0.2, 0) is 0 Å². The van der Waals surface area contributed by atoms with Gasteiger partial charge >= 0.3 is 0 Å². The fourth-order valence-corrected chi connectivity index (χ4v) is 1.47. The van der Waals surface area contributed by atoms with Gasteiger partial charge in [0, 0.05) is 5.56 Å². The summed E-state index contributed by atoms with van der Waals surface area (Å²) in [5, 5.41) is 0. The maximum Gasteiger partial charge on any atom is 0.204 e. The molecule has 0 amide bonds. The van der Waals surface area contributed by atoms with Crippen LogP contribution in [-0.4, -0.2) is 6.10 Å². The fourth-order valence-electron chi connectivity index (χ4n) is 1.47. The van der Waals surface area contributed by atoms with Gasteiger partial charge < -0.3 is 4.74 Å². The average molecular weight is 250 g/mol. The molecule has 0 atom stereocenters. The van der Waals surface area contributed by atoms with E-state index in [0.717, 1.165) is 0 Å². The molecule has 0 radical (unpaired) electrons.